The molecule has 7 nitrogen and oxygen atoms in total. The molecule has 0 N–H and O–H groups in total. The number of hydrogen-bond donors (Lipinski definition) is 0. The van der Waals surface area contributed by atoms with Crippen molar-refractivity contribution in [2.24, 2.45) is 0 Å². The maximum absolute atomic E-state index is 12.7. The topological polar surface area (TPSA) is 77.0 Å². The van der Waals surface area contributed by atoms with E-state index in [0.29, 0.717) is 36.9 Å². The van der Waals surface area contributed by atoms with Crippen LogP contribution in [0.3, 0.4) is 0 Å². The second-order valence-corrected chi connectivity index (χ2v) is 7.16. The lowest BCUT2D eigenvalue weighted by Gasteiger charge is -2.31. The third-order valence-electron chi connectivity index (χ3n) is 4.88. The Labute approximate surface area is 155 Å². The number of nitrogens with zero attached hydrogens (tertiary/aromatic N) is 5. The predicted molar refractivity (Wildman–Crippen MR) is 97.2 cm³/mol. The number of rotatable bonds is 5. The molecule has 26 heavy (non-hydrogen) atoms. The van der Waals surface area contributed by atoms with Crippen LogP contribution in [0.2, 0.25) is 0 Å². The van der Waals surface area contributed by atoms with Gasteiger partial charge in [0.15, 0.2) is 12.1 Å². The summed E-state index contributed by atoms with van der Waals surface area (Å²) in [5.74, 6) is 2.08. The van der Waals surface area contributed by atoms with E-state index in [1.807, 2.05) is 29.7 Å². The van der Waals surface area contributed by atoms with Crippen LogP contribution in [0.1, 0.15) is 53.5 Å². The molecule has 1 fully saturated rings. The first-order chi connectivity index (χ1) is 12.8. The summed E-state index contributed by atoms with van der Waals surface area (Å²) >= 11 is 1.61. The van der Waals surface area contributed by atoms with E-state index in [1.165, 1.54) is 6.39 Å². The first kappa shape index (κ1) is 17.0. The molecule has 0 saturated carbocycles. The van der Waals surface area contributed by atoms with Crippen LogP contribution in [0.5, 0.6) is 0 Å². The Morgan fingerprint density at radius 3 is 2.88 bits per heavy atom. The van der Waals surface area contributed by atoms with E-state index in [4.69, 9.17) is 4.42 Å². The van der Waals surface area contributed by atoms with Gasteiger partial charge in [-0.1, -0.05) is 6.92 Å². The lowest BCUT2D eigenvalue weighted by atomic mass is 9.95. The molecule has 0 aromatic carbocycles. The Morgan fingerprint density at radius 1 is 1.31 bits per heavy atom. The highest BCUT2D eigenvalue weighted by Crippen LogP contribution is 2.28. The van der Waals surface area contributed by atoms with Crippen molar-refractivity contribution in [2.75, 3.05) is 13.1 Å². The predicted octanol–water partition coefficient (Wildman–Crippen LogP) is 2.96. The minimum Gasteiger partial charge on any atom is -0.448 e. The summed E-state index contributed by atoms with van der Waals surface area (Å²) in [5, 5.41) is 2.06. The molecule has 0 atom stereocenters. The van der Waals surface area contributed by atoms with Gasteiger partial charge >= 0.3 is 0 Å². The molecule has 8 heteroatoms. The first-order valence-electron chi connectivity index (χ1n) is 8.86. The van der Waals surface area contributed by atoms with Crippen molar-refractivity contribution in [1.82, 2.24) is 24.4 Å². The highest BCUT2D eigenvalue weighted by molar-refractivity contribution is 7.07. The Kier molecular flexibility index (Phi) is 4.83. The van der Waals surface area contributed by atoms with Gasteiger partial charge in [-0.05, 0) is 12.8 Å². The Morgan fingerprint density at radius 2 is 2.15 bits per heavy atom. The Bertz CT molecular complexity index is 862. The minimum absolute atomic E-state index is 0.0279. The molecule has 4 heterocycles. The number of oxazole rings is 1. The van der Waals surface area contributed by atoms with Crippen LogP contribution in [0.25, 0.3) is 0 Å². The van der Waals surface area contributed by atoms with Gasteiger partial charge in [0, 0.05) is 43.2 Å². The number of likely N-dealkylation sites (tertiary alicyclic amines) is 1. The summed E-state index contributed by atoms with van der Waals surface area (Å²) in [6.07, 6.45) is 7.69. The van der Waals surface area contributed by atoms with Gasteiger partial charge in [0.2, 0.25) is 0 Å². The molecular weight excluding hydrogens is 350 g/mol. The zero-order chi connectivity index (χ0) is 17.9. The van der Waals surface area contributed by atoms with Crippen molar-refractivity contribution in [3.05, 3.63) is 52.7 Å². The number of piperidine rings is 1. The van der Waals surface area contributed by atoms with Crippen LogP contribution in [0.4, 0.5) is 0 Å². The lowest BCUT2D eigenvalue weighted by Crippen LogP contribution is -2.39. The summed E-state index contributed by atoms with van der Waals surface area (Å²) in [6.45, 7) is 4.13. The van der Waals surface area contributed by atoms with Gasteiger partial charge in [0.05, 0.1) is 17.7 Å². The average molecular weight is 371 g/mol. The van der Waals surface area contributed by atoms with E-state index in [2.05, 4.69) is 24.9 Å². The molecule has 0 spiro atoms. The molecule has 1 amide bonds. The van der Waals surface area contributed by atoms with Crippen molar-refractivity contribution in [1.29, 1.82) is 0 Å². The number of aromatic nitrogens is 4. The van der Waals surface area contributed by atoms with Crippen molar-refractivity contribution in [3.63, 3.8) is 0 Å². The van der Waals surface area contributed by atoms with Crippen molar-refractivity contribution < 1.29 is 9.21 Å². The van der Waals surface area contributed by atoms with Gasteiger partial charge < -0.3 is 13.9 Å². The number of carbonyl (C=O) groups is 1. The molecule has 0 unspecified atom stereocenters. The van der Waals surface area contributed by atoms with E-state index < -0.39 is 0 Å². The molecule has 1 aliphatic rings. The molecular formula is C18H21N5O2S. The van der Waals surface area contributed by atoms with E-state index in [1.54, 1.807) is 11.3 Å². The van der Waals surface area contributed by atoms with Gasteiger partial charge in [-0.15, -0.1) is 11.3 Å². The van der Waals surface area contributed by atoms with Crippen LogP contribution < -0.4 is 0 Å². The standard InChI is InChI=1S/C18H21N5O2S/c1-2-15-16(20-11-25-15)18(24)22-6-3-13(4-7-22)17-19-5-8-23(17)9-14-10-26-12-21-14/h5,8,10-13H,2-4,6-7,9H2,1H3. The number of imidazole rings is 1. The fourth-order valence-corrected chi connectivity index (χ4v) is 4.04. The second-order valence-electron chi connectivity index (χ2n) is 6.44. The summed E-state index contributed by atoms with van der Waals surface area (Å²) in [4.78, 5) is 27.6. The third-order valence-corrected chi connectivity index (χ3v) is 5.51. The molecule has 1 saturated heterocycles. The highest BCUT2D eigenvalue weighted by atomic mass is 32.1. The van der Waals surface area contributed by atoms with E-state index in [0.717, 1.165) is 30.9 Å². The number of hydrogen-bond acceptors (Lipinski definition) is 6. The molecule has 0 radical (unpaired) electrons. The normalized spacial score (nSPS) is 15.5. The molecule has 0 bridgehead atoms. The van der Waals surface area contributed by atoms with Crippen LogP contribution in [0, 0.1) is 0 Å². The summed E-state index contributed by atoms with van der Waals surface area (Å²) in [7, 11) is 0. The monoisotopic (exact) mass is 371 g/mol. The first-order valence-corrected chi connectivity index (χ1v) is 9.80. The fraction of sp³-hybridized carbons (Fsp3) is 0.444. The van der Waals surface area contributed by atoms with Crippen LogP contribution >= 0.6 is 11.3 Å². The lowest BCUT2D eigenvalue weighted by molar-refractivity contribution is 0.0703. The summed E-state index contributed by atoms with van der Waals surface area (Å²) < 4.78 is 7.47. The Hall–Kier alpha value is -2.48. The van der Waals surface area contributed by atoms with Crippen molar-refractivity contribution in [3.8, 4) is 0 Å². The van der Waals surface area contributed by atoms with E-state index in [9.17, 15) is 4.79 Å². The van der Waals surface area contributed by atoms with Crippen molar-refractivity contribution in [2.45, 2.75) is 38.6 Å². The second kappa shape index (κ2) is 7.41. The number of aryl methyl sites for hydroxylation is 1. The quantitative estimate of drug-likeness (QED) is 0.689. The van der Waals surface area contributed by atoms with Gasteiger partial charge in [0.1, 0.15) is 11.6 Å². The molecule has 1 aliphatic heterocycles. The van der Waals surface area contributed by atoms with Gasteiger partial charge in [0.25, 0.3) is 5.91 Å². The van der Waals surface area contributed by atoms with Crippen LogP contribution in [-0.4, -0.2) is 43.4 Å². The SMILES string of the molecule is CCc1ocnc1C(=O)N1CCC(c2nccn2Cc2cscn2)CC1. The summed E-state index contributed by atoms with van der Waals surface area (Å²) in [6, 6.07) is 0. The minimum atomic E-state index is -0.0279. The highest BCUT2D eigenvalue weighted by Gasteiger charge is 2.29. The largest absolute Gasteiger partial charge is 0.448 e. The van der Waals surface area contributed by atoms with Crippen LogP contribution in [0.15, 0.2) is 34.1 Å². The smallest absolute Gasteiger partial charge is 0.276 e. The molecule has 0 aliphatic carbocycles. The van der Waals surface area contributed by atoms with E-state index >= 15 is 0 Å². The number of carbonyl (C=O) groups excluding carboxylic acids is 1. The molecule has 4 rings (SSSR count). The van der Waals surface area contributed by atoms with Gasteiger partial charge in [-0.25, -0.2) is 15.0 Å². The molecule has 3 aromatic rings. The number of amides is 1. The van der Waals surface area contributed by atoms with Gasteiger partial charge in [-0.2, -0.15) is 0 Å². The zero-order valence-electron chi connectivity index (χ0n) is 14.7. The van der Waals surface area contributed by atoms with Crippen LogP contribution in [-0.2, 0) is 13.0 Å². The third kappa shape index (κ3) is 3.29. The maximum Gasteiger partial charge on any atom is 0.276 e. The van der Waals surface area contributed by atoms with Crippen molar-refractivity contribution >= 4 is 17.2 Å². The molecule has 3 aromatic heterocycles. The molecule has 136 valence electrons. The summed E-state index contributed by atoms with van der Waals surface area (Å²) in [5.41, 5.74) is 3.36. The fourth-order valence-electron chi connectivity index (χ4n) is 3.49. The maximum atomic E-state index is 12.7. The average Bonchev–Trinajstić information content (AvgIpc) is 3.43. The number of thiazole rings is 1. The van der Waals surface area contributed by atoms with Gasteiger partial charge in [-0.3, -0.25) is 4.79 Å². The van der Waals surface area contributed by atoms with E-state index in [-0.39, 0.29) is 5.91 Å². The Balaban J connectivity index is 1.41. The zero-order valence-corrected chi connectivity index (χ0v) is 15.5.